The van der Waals surface area contributed by atoms with Crippen LogP contribution in [0.15, 0.2) is 79.9 Å². The maximum Gasteiger partial charge on any atom is 0.217 e. The molecule has 0 heterocycles. The van der Waals surface area contributed by atoms with Gasteiger partial charge in [0.05, 0.1) is 231 Å². The molecule has 0 amide bonds. The third-order valence-electron chi connectivity index (χ3n) is 10.6. The molecule has 23 nitrogen and oxygen atoms in total. The van der Waals surface area contributed by atoms with E-state index in [9.17, 15) is 13.0 Å². The van der Waals surface area contributed by atoms with Gasteiger partial charge in [-0.05, 0) is 11.6 Å². The van der Waals surface area contributed by atoms with Crippen molar-refractivity contribution in [2.45, 2.75) is 25.0 Å². The molecule has 0 saturated carbocycles. The molecule has 0 spiro atoms. The Balaban J connectivity index is 1.30. The lowest BCUT2D eigenvalue weighted by Gasteiger charge is -2.24. The van der Waals surface area contributed by atoms with Crippen LogP contribution in [0.1, 0.15) is 24.0 Å². The Morgan fingerprint density at radius 3 is 1.05 bits per heavy atom. The first-order valence-electron chi connectivity index (χ1n) is 27.4. The summed E-state index contributed by atoms with van der Waals surface area (Å²) in [6, 6.07) is 18.4. The summed E-state index contributed by atoms with van der Waals surface area (Å²) in [6.07, 6.45) is 2.70. The molecule has 0 N–H and O–H groups in total. The van der Waals surface area contributed by atoms with Gasteiger partial charge in [0.15, 0.2) is 0 Å². The van der Waals surface area contributed by atoms with Crippen LogP contribution >= 0.6 is 0 Å². The van der Waals surface area contributed by atoms with E-state index in [0.29, 0.717) is 211 Å². The Morgan fingerprint density at radius 1 is 0.388 bits per heavy atom. The van der Waals surface area contributed by atoms with Crippen LogP contribution < -0.4 is 4.74 Å². The molecule has 0 aromatic heterocycles. The molecule has 24 heteroatoms. The van der Waals surface area contributed by atoms with Gasteiger partial charge in [-0.2, -0.15) is 0 Å². The van der Waals surface area contributed by atoms with Gasteiger partial charge in [0.1, 0.15) is 24.6 Å². The number of rotatable bonds is 63. The minimum atomic E-state index is -4.69. The first-order chi connectivity index (χ1) is 39.3. The van der Waals surface area contributed by atoms with E-state index < -0.39 is 10.4 Å². The molecular weight excluding hydrogens is 1070 g/mol. The number of ether oxygens (including phenoxy) is 19. The van der Waals surface area contributed by atoms with Crippen LogP contribution in [0.2, 0.25) is 0 Å². The molecule has 3 atom stereocenters. The number of hydrogen-bond acceptors (Lipinski definition) is 23. The topological polar surface area (TPSA) is 242 Å². The van der Waals surface area contributed by atoms with Crippen LogP contribution in [-0.2, 0) is 99.8 Å². The predicted molar refractivity (Wildman–Crippen MR) is 295 cm³/mol. The molecule has 2 rings (SSSR count). The lowest BCUT2D eigenvalue weighted by Crippen LogP contribution is -2.34. The second kappa shape index (κ2) is 55.1. The molecular formula is C56H93O23S-. The zero-order chi connectivity index (χ0) is 57.3. The first-order valence-corrected chi connectivity index (χ1v) is 28.7. The molecule has 0 fully saturated rings. The van der Waals surface area contributed by atoms with Gasteiger partial charge in [-0.15, -0.1) is 13.2 Å². The van der Waals surface area contributed by atoms with Crippen molar-refractivity contribution in [1.82, 2.24) is 0 Å². The fourth-order valence-electron chi connectivity index (χ4n) is 6.60. The van der Waals surface area contributed by atoms with Crippen LogP contribution in [0.5, 0.6) is 5.75 Å². The standard InChI is InChI=1S/C56H94O23S/c1-4-15-74-47-53(49-77-54(48-75-16-5-2)50-78-56-14-10-9-13-55(56)51(3)52-11-7-6-8-12-52)76-45-43-72-41-39-70-37-35-68-33-31-66-29-27-64-25-23-62-21-19-60-17-18-61-20-22-63-24-26-65-28-30-67-32-34-69-36-38-71-40-42-73-44-46-79-80(57,58)59/h4-14,51,53-54H,1-2,15-50H2,3H3,(H,57,58,59)/p-1. The van der Waals surface area contributed by atoms with E-state index in [1.54, 1.807) is 12.2 Å². The SMILES string of the molecule is C=CCOCC(COc1ccccc1C(C)c1ccccc1)OCC(COCC=C)OCCOCCOCCOCCOCCOCCOCCOCCOCCOCCOCCOCCOCCOCCOCCOS(=O)(=O)[O-]. The predicted octanol–water partition coefficient (Wildman–Crippen LogP) is 4.10. The second-order valence-electron chi connectivity index (χ2n) is 16.9. The highest BCUT2D eigenvalue weighted by molar-refractivity contribution is 7.80. The summed E-state index contributed by atoms with van der Waals surface area (Å²) in [4.78, 5) is 0. The normalized spacial score (nSPS) is 12.9. The molecule has 3 unspecified atom stereocenters. The summed E-state index contributed by atoms with van der Waals surface area (Å²) in [5.74, 6) is 0.958. The van der Waals surface area contributed by atoms with E-state index in [0.717, 1.165) is 11.3 Å². The van der Waals surface area contributed by atoms with Crippen molar-refractivity contribution in [2.75, 3.05) is 238 Å². The average Bonchev–Trinajstić information content (AvgIpc) is 3.48. The van der Waals surface area contributed by atoms with E-state index in [1.807, 2.05) is 36.4 Å². The van der Waals surface area contributed by atoms with Crippen LogP contribution in [0.25, 0.3) is 0 Å². The molecule has 2 aromatic rings. The van der Waals surface area contributed by atoms with Gasteiger partial charge in [-0.1, -0.05) is 67.6 Å². The Morgan fingerprint density at radius 2 is 0.700 bits per heavy atom. The summed E-state index contributed by atoms with van der Waals surface area (Å²) in [5, 5.41) is 0. The smallest absolute Gasteiger partial charge is 0.217 e. The van der Waals surface area contributed by atoms with E-state index in [2.05, 4.69) is 42.5 Å². The zero-order valence-electron chi connectivity index (χ0n) is 47.3. The lowest BCUT2D eigenvalue weighted by atomic mass is 9.92. The maximum atomic E-state index is 10.3. The maximum absolute atomic E-state index is 10.3. The monoisotopic (exact) mass is 1170 g/mol. The lowest BCUT2D eigenvalue weighted by molar-refractivity contribution is -0.104. The van der Waals surface area contributed by atoms with Crippen LogP contribution in [-0.4, -0.2) is 263 Å². The van der Waals surface area contributed by atoms with E-state index in [-0.39, 0.29) is 44.6 Å². The highest BCUT2D eigenvalue weighted by Gasteiger charge is 2.19. The molecule has 462 valence electrons. The largest absolute Gasteiger partial charge is 0.726 e. The Labute approximate surface area is 475 Å². The number of hydrogen-bond donors (Lipinski definition) is 0. The Kier molecular flexibility index (Phi) is 50.2. The molecule has 0 saturated heterocycles. The van der Waals surface area contributed by atoms with Gasteiger partial charge in [-0.3, -0.25) is 4.18 Å². The number of para-hydroxylation sites is 1. The average molecular weight is 1170 g/mol. The van der Waals surface area contributed by atoms with Crippen LogP contribution in [0, 0.1) is 0 Å². The van der Waals surface area contributed by atoms with Crippen LogP contribution in [0.4, 0.5) is 0 Å². The fourth-order valence-corrected chi connectivity index (χ4v) is 6.87. The van der Waals surface area contributed by atoms with Crippen molar-refractivity contribution >= 4 is 10.4 Å². The van der Waals surface area contributed by atoms with Crippen molar-refractivity contribution < 1.29 is 107 Å². The van der Waals surface area contributed by atoms with E-state index in [1.165, 1.54) is 5.56 Å². The molecule has 0 radical (unpaired) electrons. The summed E-state index contributed by atoms with van der Waals surface area (Å²) < 4.78 is 142. The summed E-state index contributed by atoms with van der Waals surface area (Å²) in [7, 11) is -4.69. The second-order valence-corrected chi connectivity index (χ2v) is 17.9. The van der Waals surface area contributed by atoms with Crippen molar-refractivity contribution in [3.63, 3.8) is 0 Å². The van der Waals surface area contributed by atoms with Gasteiger partial charge in [-0.25, -0.2) is 8.42 Å². The quantitative estimate of drug-likeness (QED) is 0.0392. The van der Waals surface area contributed by atoms with Gasteiger partial charge in [0.2, 0.25) is 10.4 Å². The fraction of sp³-hybridized carbons (Fsp3) is 0.714. The summed E-state index contributed by atoms with van der Waals surface area (Å²) in [6.45, 7) is 23.3. The third kappa shape index (κ3) is 46.4. The third-order valence-corrected chi connectivity index (χ3v) is 11.0. The van der Waals surface area contributed by atoms with E-state index >= 15 is 0 Å². The highest BCUT2D eigenvalue weighted by Crippen LogP contribution is 2.31. The van der Waals surface area contributed by atoms with Gasteiger partial charge < -0.3 is 94.6 Å². The van der Waals surface area contributed by atoms with Crippen molar-refractivity contribution in [3.8, 4) is 5.75 Å². The molecule has 0 aliphatic carbocycles. The molecule has 0 aliphatic heterocycles. The van der Waals surface area contributed by atoms with Crippen molar-refractivity contribution in [1.29, 1.82) is 0 Å². The number of benzene rings is 2. The first kappa shape index (κ1) is 73.0. The van der Waals surface area contributed by atoms with Gasteiger partial charge in [0, 0.05) is 11.5 Å². The van der Waals surface area contributed by atoms with Gasteiger partial charge >= 0.3 is 0 Å². The zero-order valence-corrected chi connectivity index (χ0v) is 48.1. The minimum Gasteiger partial charge on any atom is -0.726 e. The Bertz CT molecular complexity index is 1770. The summed E-state index contributed by atoms with van der Waals surface area (Å²) >= 11 is 0. The Hall–Kier alpha value is -3.13. The summed E-state index contributed by atoms with van der Waals surface area (Å²) in [5.41, 5.74) is 2.31. The van der Waals surface area contributed by atoms with E-state index in [4.69, 9.17) is 90.0 Å². The molecule has 0 aliphatic rings. The van der Waals surface area contributed by atoms with Crippen molar-refractivity contribution in [3.05, 3.63) is 91.0 Å². The highest BCUT2D eigenvalue weighted by atomic mass is 32.3. The molecule has 0 bridgehead atoms. The molecule has 2 aromatic carbocycles. The molecule has 80 heavy (non-hydrogen) atoms. The van der Waals surface area contributed by atoms with Crippen LogP contribution in [0.3, 0.4) is 0 Å². The van der Waals surface area contributed by atoms with Gasteiger partial charge in [0.25, 0.3) is 0 Å². The van der Waals surface area contributed by atoms with Crippen molar-refractivity contribution in [2.24, 2.45) is 0 Å². The minimum absolute atomic E-state index is 0.0186.